The summed E-state index contributed by atoms with van der Waals surface area (Å²) in [5.41, 5.74) is -0.974. The van der Waals surface area contributed by atoms with E-state index in [1.165, 1.54) is 12.1 Å². The lowest BCUT2D eigenvalue weighted by Gasteiger charge is -2.15. The third-order valence-electron chi connectivity index (χ3n) is 5.17. The number of ketones is 1. The first kappa shape index (κ1) is 22.6. The Labute approximate surface area is 179 Å². The zero-order valence-corrected chi connectivity index (χ0v) is 17.7. The fraction of sp³-hybridized carbons (Fsp3) is 0.280. The standard InChI is InChI=1S/C25H24F2O4/c1-25(2,30)13-12-21(28)18-9-6-16(14-15-4-7-17(31-3)8-5-15)22-19(26)10-11-20(27)23(22)24(18)29/h4-11,30H,12-14H2,1-3H3. The molecule has 0 bridgehead atoms. The number of methoxy groups -OCH3 is 1. The Morgan fingerprint density at radius 2 is 1.58 bits per heavy atom. The molecule has 0 atom stereocenters. The van der Waals surface area contributed by atoms with Crippen LogP contribution in [0.15, 0.2) is 53.3 Å². The first-order valence-electron chi connectivity index (χ1n) is 9.93. The highest BCUT2D eigenvalue weighted by Gasteiger charge is 2.21. The van der Waals surface area contributed by atoms with E-state index in [0.717, 1.165) is 17.7 Å². The van der Waals surface area contributed by atoms with Gasteiger partial charge in [0.2, 0.25) is 0 Å². The summed E-state index contributed by atoms with van der Waals surface area (Å²) < 4.78 is 34.6. The zero-order valence-electron chi connectivity index (χ0n) is 17.7. The van der Waals surface area contributed by atoms with E-state index in [1.807, 2.05) is 0 Å². The molecule has 1 N–H and O–H groups in total. The Morgan fingerprint density at radius 1 is 0.968 bits per heavy atom. The summed E-state index contributed by atoms with van der Waals surface area (Å²) in [6.45, 7) is 3.11. The van der Waals surface area contributed by atoms with Gasteiger partial charge in [-0.1, -0.05) is 18.2 Å². The van der Waals surface area contributed by atoms with Gasteiger partial charge in [0.05, 0.1) is 23.7 Å². The molecule has 3 aromatic rings. The predicted octanol–water partition coefficient (Wildman–Crippen LogP) is 4.81. The van der Waals surface area contributed by atoms with Gasteiger partial charge in [-0.15, -0.1) is 0 Å². The first-order chi connectivity index (χ1) is 14.6. The number of fused-ring (bicyclic) bond motifs is 1. The minimum Gasteiger partial charge on any atom is -0.497 e. The third-order valence-corrected chi connectivity index (χ3v) is 5.17. The van der Waals surface area contributed by atoms with Crippen molar-refractivity contribution in [3.05, 3.63) is 87.1 Å². The number of benzene rings is 2. The number of Topliss-reactive ketones (excluding diaryl/α,β-unsaturated/α-hetero) is 1. The van der Waals surface area contributed by atoms with Gasteiger partial charge in [0, 0.05) is 11.8 Å². The van der Waals surface area contributed by atoms with Crippen LogP contribution in [0.4, 0.5) is 8.78 Å². The minimum absolute atomic E-state index is 0.0883. The highest BCUT2D eigenvalue weighted by Crippen LogP contribution is 2.25. The maximum absolute atomic E-state index is 14.8. The Balaban J connectivity index is 2.17. The van der Waals surface area contributed by atoms with Crippen LogP contribution < -0.4 is 10.2 Å². The number of carbonyl (C=O) groups excluding carboxylic acids is 1. The predicted molar refractivity (Wildman–Crippen MR) is 116 cm³/mol. The lowest BCUT2D eigenvalue weighted by molar-refractivity contribution is 0.0633. The quantitative estimate of drug-likeness (QED) is 0.551. The van der Waals surface area contributed by atoms with Crippen LogP contribution in [0.1, 0.15) is 48.2 Å². The van der Waals surface area contributed by atoms with Gasteiger partial charge in [0.15, 0.2) is 11.2 Å². The molecule has 0 aliphatic carbocycles. The molecule has 0 fully saturated rings. The normalized spacial score (nSPS) is 11.5. The van der Waals surface area contributed by atoms with Crippen molar-refractivity contribution in [3.8, 4) is 5.75 Å². The van der Waals surface area contributed by atoms with Crippen molar-refractivity contribution >= 4 is 16.6 Å². The monoisotopic (exact) mass is 426 g/mol. The first-order valence-corrected chi connectivity index (χ1v) is 9.93. The molecule has 0 amide bonds. The van der Waals surface area contributed by atoms with E-state index in [4.69, 9.17) is 4.74 Å². The molecule has 31 heavy (non-hydrogen) atoms. The summed E-state index contributed by atoms with van der Waals surface area (Å²) in [6, 6.07) is 11.8. The maximum Gasteiger partial charge on any atom is 0.200 e. The largest absolute Gasteiger partial charge is 0.497 e. The van der Waals surface area contributed by atoms with Gasteiger partial charge in [-0.2, -0.15) is 0 Å². The van der Waals surface area contributed by atoms with Gasteiger partial charge >= 0.3 is 0 Å². The minimum atomic E-state index is -1.09. The van der Waals surface area contributed by atoms with Crippen molar-refractivity contribution in [1.29, 1.82) is 0 Å². The summed E-state index contributed by atoms with van der Waals surface area (Å²) in [5, 5.41) is 9.30. The molecule has 162 valence electrons. The Bertz CT molecular complexity index is 1180. The highest BCUT2D eigenvalue weighted by molar-refractivity contribution is 5.99. The molecule has 3 rings (SSSR count). The SMILES string of the molecule is COc1ccc(Cc2ccc(C(=O)CCC(C)(C)O)c(=O)c3c(F)ccc(F)c23)cc1. The molecule has 0 unspecified atom stereocenters. The van der Waals surface area contributed by atoms with Crippen LogP contribution in [0.25, 0.3) is 10.8 Å². The molecule has 0 saturated carbocycles. The van der Waals surface area contributed by atoms with Gasteiger partial charge in [0.25, 0.3) is 0 Å². The molecule has 0 spiro atoms. The number of rotatable bonds is 7. The van der Waals surface area contributed by atoms with Crippen LogP contribution in [0.2, 0.25) is 0 Å². The lowest BCUT2D eigenvalue weighted by Crippen LogP contribution is -2.21. The highest BCUT2D eigenvalue weighted by atomic mass is 19.1. The molecule has 0 aromatic heterocycles. The average molecular weight is 426 g/mol. The van der Waals surface area contributed by atoms with Crippen molar-refractivity contribution in [1.82, 2.24) is 0 Å². The Kier molecular flexibility index (Phi) is 6.51. The fourth-order valence-corrected chi connectivity index (χ4v) is 3.45. The molecule has 0 heterocycles. The Hall–Kier alpha value is -3.12. The zero-order chi connectivity index (χ0) is 22.8. The molecule has 0 radical (unpaired) electrons. The molecule has 4 nitrogen and oxygen atoms in total. The van der Waals surface area contributed by atoms with Crippen molar-refractivity contribution in [3.63, 3.8) is 0 Å². The molecule has 0 aliphatic rings. The van der Waals surface area contributed by atoms with Crippen LogP contribution in [-0.4, -0.2) is 23.6 Å². The van der Waals surface area contributed by atoms with Crippen molar-refractivity contribution in [2.45, 2.75) is 38.7 Å². The number of hydrogen-bond acceptors (Lipinski definition) is 4. The smallest absolute Gasteiger partial charge is 0.200 e. The van der Waals surface area contributed by atoms with Gasteiger partial charge in [0.1, 0.15) is 17.4 Å². The van der Waals surface area contributed by atoms with E-state index in [0.29, 0.717) is 11.3 Å². The number of hydrogen-bond donors (Lipinski definition) is 1. The third kappa shape index (κ3) is 5.14. The number of ether oxygens (including phenoxy) is 1. The fourth-order valence-electron chi connectivity index (χ4n) is 3.45. The summed E-state index contributed by atoms with van der Waals surface area (Å²) in [7, 11) is 1.55. The molecule has 3 aromatic carbocycles. The molecule has 0 aliphatic heterocycles. The number of halogens is 2. The summed E-state index contributed by atoms with van der Waals surface area (Å²) in [4.78, 5) is 25.7. The summed E-state index contributed by atoms with van der Waals surface area (Å²) >= 11 is 0. The van der Waals surface area contributed by atoms with Crippen molar-refractivity contribution < 1.29 is 23.4 Å². The van der Waals surface area contributed by atoms with E-state index in [2.05, 4.69) is 0 Å². The van der Waals surface area contributed by atoms with Gasteiger partial charge < -0.3 is 9.84 Å². The van der Waals surface area contributed by atoms with Crippen molar-refractivity contribution in [2.75, 3.05) is 7.11 Å². The summed E-state index contributed by atoms with van der Waals surface area (Å²) in [6.07, 6.45) is 0.276. The number of aliphatic hydroxyl groups is 1. The second-order valence-corrected chi connectivity index (χ2v) is 8.14. The molecular formula is C25H24F2O4. The van der Waals surface area contributed by atoms with Crippen molar-refractivity contribution in [2.24, 2.45) is 0 Å². The maximum atomic E-state index is 14.8. The van der Waals surface area contributed by atoms with Crippen LogP contribution in [0, 0.1) is 11.6 Å². The van der Waals surface area contributed by atoms with Gasteiger partial charge in [-0.05, 0) is 68.1 Å². The Morgan fingerprint density at radius 3 is 2.16 bits per heavy atom. The van der Waals surface area contributed by atoms with E-state index in [-0.39, 0.29) is 30.2 Å². The topological polar surface area (TPSA) is 63.6 Å². The van der Waals surface area contributed by atoms with Crippen LogP contribution >= 0.6 is 0 Å². The van der Waals surface area contributed by atoms with Gasteiger partial charge in [-0.3, -0.25) is 9.59 Å². The van der Waals surface area contributed by atoms with Gasteiger partial charge in [-0.25, -0.2) is 8.78 Å². The molecular weight excluding hydrogens is 402 g/mol. The summed E-state index contributed by atoms with van der Waals surface area (Å²) in [5.74, 6) is -1.48. The van der Waals surface area contributed by atoms with E-state index >= 15 is 0 Å². The second-order valence-electron chi connectivity index (χ2n) is 8.14. The molecule has 6 heteroatoms. The van der Waals surface area contributed by atoms with E-state index in [9.17, 15) is 23.5 Å². The average Bonchev–Trinajstić information content (AvgIpc) is 2.86. The van der Waals surface area contributed by atoms with Crippen LogP contribution in [0.3, 0.4) is 0 Å². The van der Waals surface area contributed by atoms with E-state index < -0.39 is 33.8 Å². The second kappa shape index (κ2) is 8.94. The number of carbonyl (C=O) groups is 1. The van der Waals surface area contributed by atoms with E-state index in [1.54, 1.807) is 45.2 Å². The van der Waals surface area contributed by atoms with Crippen LogP contribution in [0.5, 0.6) is 5.75 Å². The molecule has 0 saturated heterocycles. The lowest BCUT2D eigenvalue weighted by atomic mass is 9.98. The van der Waals surface area contributed by atoms with Crippen LogP contribution in [-0.2, 0) is 6.42 Å².